The van der Waals surface area contributed by atoms with Gasteiger partial charge in [-0.05, 0) is 47.0 Å². The quantitative estimate of drug-likeness (QED) is 0.469. The molecular weight excluding hydrogens is 367 g/mol. The summed E-state index contributed by atoms with van der Waals surface area (Å²) in [6.07, 6.45) is 2.05. The van der Waals surface area contributed by atoms with E-state index in [0.29, 0.717) is 10.0 Å². The highest BCUT2D eigenvalue weighted by Gasteiger charge is 2.31. The van der Waals surface area contributed by atoms with E-state index in [1.54, 1.807) is 0 Å². The molecule has 1 fully saturated rings. The molecule has 0 amide bonds. The molecule has 2 aromatic rings. The molecular formula is C14H9BrCl2OS. The molecule has 1 aliphatic carbocycles. The summed E-state index contributed by atoms with van der Waals surface area (Å²) >= 11 is 17.2. The molecule has 19 heavy (non-hydrogen) atoms. The molecule has 0 bridgehead atoms. The van der Waals surface area contributed by atoms with Gasteiger partial charge in [-0.3, -0.25) is 4.79 Å². The zero-order valence-corrected chi connectivity index (χ0v) is 13.7. The fourth-order valence-electron chi connectivity index (χ4n) is 1.88. The molecule has 5 heteroatoms. The van der Waals surface area contributed by atoms with Crippen molar-refractivity contribution in [1.82, 2.24) is 0 Å². The van der Waals surface area contributed by atoms with Gasteiger partial charge in [-0.15, -0.1) is 11.3 Å². The SMILES string of the molecule is O=C(c1ccc(-c2ccc(Br)c(Cl)c2Cl)s1)C1CC1. The highest BCUT2D eigenvalue weighted by atomic mass is 79.9. The van der Waals surface area contributed by atoms with Gasteiger partial charge in [-0.2, -0.15) is 0 Å². The fraction of sp³-hybridized carbons (Fsp3) is 0.214. The second-order valence-corrected chi connectivity index (χ2v) is 7.22. The van der Waals surface area contributed by atoms with Crippen LogP contribution in [0, 0.1) is 5.92 Å². The summed E-state index contributed by atoms with van der Waals surface area (Å²) in [5, 5.41) is 1.02. The van der Waals surface area contributed by atoms with Crippen LogP contribution in [0.1, 0.15) is 22.5 Å². The van der Waals surface area contributed by atoms with Crippen LogP contribution in [-0.4, -0.2) is 5.78 Å². The molecule has 0 N–H and O–H groups in total. The molecule has 3 rings (SSSR count). The molecule has 1 saturated carbocycles. The van der Waals surface area contributed by atoms with Crippen molar-refractivity contribution < 1.29 is 4.79 Å². The molecule has 1 aliphatic rings. The third-order valence-electron chi connectivity index (χ3n) is 3.10. The summed E-state index contributed by atoms with van der Waals surface area (Å²) in [5.41, 5.74) is 0.870. The molecule has 0 spiro atoms. The first-order valence-electron chi connectivity index (χ1n) is 5.86. The molecule has 1 heterocycles. The smallest absolute Gasteiger partial charge is 0.175 e. The van der Waals surface area contributed by atoms with Gasteiger partial charge in [0, 0.05) is 20.8 Å². The lowest BCUT2D eigenvalue weighted by Crippen LogP contribution is -1.96. The summed E-state index contributed by atoms with van der Waals surface area (Å²) < 4.78 is 0.772. The van der Waals surface area contributed by atoms with E-state index in [2.05, 4.69) is 15.9 Å². The molecule has 0 unspecified atom stereocenters. The standard InChI is InChI=1S/C14H9BrCl2OS/c15-9-4-3-8(12(16)13(9)17)10-5-6-11(19-10)14(18)7-1-2-7/h3-7H,1-2H2. The van der Waals surface area contributed by atoms with E-state index in [1.807, 2.05) is 24.3 Å². The maximum atomic E-state index is 12.0. The van der Waals surface area contributed by atoms with E-state index in [1.165, 1.54) is 11.3 Å². The zero-order chi connectivity index (χ0) is 13.6. The normalized spacial score (nSPS) is 14.7. The number of thiophene rings is 1. The number of benzene rings is 1. The highest BCUT2D eigenvalue weighted by molar-refractivity contribution is 9.10. The third kappa shape index (κ3) is 2.62. The molecule has 1 aromatic carbocycles. The number of hydrogen-bond acceptors (Lipinski definition) is 2. The maximum Gasteiger partial charge on any atom is 0.175 e. The number of hydrogen-bond donors (Lipinski definition) is 0. The maximum absolute atomic E-state index is 12.0. The van der Waals surface area contributed by atoms with Gasteiger partial charge in [-0.1, -0.05) is 29.3 Å². The molecule has 0 aliphatic heterocycles. The van der Waals surface area contributed by atoms with Crippen LogP contribution < -0.4 is 0 Å². The Morgan fingerprint density at radius 2 is 1.89 bits per heavy atom. The summed E-state index contributed by atoms with van der Waals surface area (Å²) in [6.45, 7) is 0. The minimum Gasteiger partial charge on any atom is -0.293 e. The number of ketones is 1. The van der Waals surface area contributed by atoms with Gasteiger partial charge in [0.25, 0.3) is 0 Å². The Balaban J connectivity index is 1.98. The molecule has 0 radical (unpaired) electrons. The number of rotatable bonds is 3. The Labute approximate surface area is 133 Å². The van der Waals surface area contributed by atoms with Gasteiger partial charge in [0.05, 0.1) is 14.9 Å². The van der Waals surface area contributed by atoms with Crippen molar-refractivity contribution in [1.29, 1.82) is 0 Å². The number of carbonyl (C=O) groups is 1. The van der Waals surface area contributed by atoms with Crippen LogP contribution in [0.15, 0.2) is 28.7 Å². The van der Waals surface area contributed by atoms with E-state index < -0.39 is 0 Å². The van der Waals surface area contributed by atoms with Crippen LogP contribution in [-0.2, 0) is 0 Å². The van der Waals surface area contributed by atoms with Crippen molar-refractivity contribution in [3.63, 3.8) is 0 Å². The lowest BCUT2D eigenvalue weighted by molar-refractivity contribution is 0.0971. The van der Waals surface area contributed by atoms with Crippen LogP contribution in [0.2, 0.25) is 10.0 Å². The number of halogens is 3. The van der Waals surface area contributed by atoms with E-state index in [4.69, 9.17) is 23.2 Å². The van der Waals surface area contributed by atoms with Crippen LogP contribution in [0.5, 0.6) is 0 Å². The summed E-state index contributed by atoms with van der Waals surface area (Å²) in [7, 11) is 0. The second kappa shape index (κ2) is 5.21. The zero-order valence-electron chi connectivity index (χ0n) is 9.75. The van der Waals surface area contributed by atoms with E-state index in [9.17, 15) is 4.79 Å². The van der Waals surface area contributed by atoms with E-state index in [0.717, 1.165) is 32.6 Å². The molecule has 1 aromatic heterocycles. The predicted octanol–water partition coefficient (Wildman–Crippen LogP) is 6.08. The molecule has 1 nitrogen and oxygen atoms in total. The highest BCUT2D eigenvalue weighted by Crippen LogP contribution is 2.42. The van der Waals surface area contributed by atoms with Crippen molar-refractivity contribution in [3.05, 3.63) is 43.7 Å². The van der Waals surface area contributed by atoms with Crippen LogP contribution in [0.4, 0.5) is 0 Å². The summed E-state index contributed by atoms with van der Waals surface area (Å²) in [4.78, 5) is 13.8. The Bertz CT molecular complexity index is 661. The Morgan fingerprint density at radius 1 is 1.16 bits per heavy atom. The molecule has 98 valence electrons. The average Bonchev–Trinajstić information content (AvgIpc) is 3.14. The van der Waals surface area contributed by atoms with Gasteiger partial charge in [0.15, 0.2) is 5.78 Å². The van der Waals surface area contributed by atoms with Crippen molar-refractivity contribution in [3.8, 4) is 10.4 Å². The van der Waals surface area contributed by atoms with Gasteiger partial charge < -0.3 is 0 Å². The lowest BCUT2D eigenvalue weighted by Gasteiger charge is -2.05. The Hall–Kier alpha value is -0.350. The van der Waals surface area contributed by atoms with Crippen molar-refractivity contribution in [2.45, 2.75) is 12.8 Å². The van der Waals surface area contributed by atoms with Crippen LogP contribution in [0.25, 0.3) is 10.4 Å². The average molecular weight is 376 g/mol. The number of carbonyl (C=O) groups excluding carboxylic acids is 1. The number of Topliss-reactive ketones (excluding diaryl/α,β-unsaturated/α-hetero) is 1. The van der Waals surface area contributed by atoms with E-state index >= 15 is 0 Å². The summed E-state index contributed by atoms with van der Waals surface area (Å²) in [5.74, 6) is 0.506. The van der Waals surface area contributed by atoms with Crippen molar-refractivity contribution >= 4 is 56.3 Å². The van der Waals surface area contributed by atoms with Gasteiger partial charge in [0.2, 0.25) is 0 Å². The Morgan fingerprint density at radius 3 is 2.58 bits per heavy atom. The minimum absolute atomic E-state index is 0.246. The topological polar surface area (TPSA) is 17.1 Å². The van der Waals surface area contributed by atoms with Crippen LogP contribution in [0.3, 0.4) is 0 Å². The predicted molar refractivity (Wildman–Crippen MR) is 84.5 cm³/mol. The van der Waals surface area contributed by atoms with Gasteiger partial charge >= 0.3 is 0 Å². The van der Waals surface area contributed by atoms with Gasteiger partial charge in [0.1, 0.15) is 0 Å². The first-order chi connectivity index (χ1) is 9.08. The molecule has 0 saturated heterocycles. The van der Waals surface area contributed by atoms with Crippen LogP contribution >= 0.6 is 50.5 Å². The first kappa shape index (κ1) is 13.6. The third-order valence-corrected chi connectivity index (χ3v) is 6.00. The lowest BCUT2D eigenvalue weighted by atomic mass is 10.2. The summed E-state index contributed by atoms with van der Waals surface area (Å²) in [6, 6.07) is 7.60. The minimum atomic E-state index is 0.246. The van der Waals surface area contributed by atoms with Crippen molar-refractivity contribution in [2.75, 3.05) is 0 Å². The first-order valence-corrected chi connectivity index (χ1v) is 8.22. The fourth-order valence-corrected chi connectivity index (χ4v) is 3.87. The van der Waals surface area contributed by atoms with Crippen molar-refractivity contribution in [2.24, 2.45) is 5.92 Å². The van der Waals surface area contributed by atoms with E-state index in [-0.39, 0.29) is 11.7 Å². The van der Waals surface area contributed by atoms with Gasteiger partial charge in [-0.25, -0.2) is 0 Å². The Kier molecular flexibility index (Phi) is 3.73. The monoisotopic (exact) mass is 374 g/mol. The molecule has 0 atom stereocenters. The second-order valence-electron chi connectivity index (χ2n) is 4.53. The largest absolute Gasteiger partial charge is 0.293 e.